The van der Waals surface area contributed by atoms with Crippen LogP contribution in [0.1, 0.15) is 87.0 Å². The maximum Gasteiger partial charge on any atom is 0.100 e. The van der Waals surface area contributed by atoms with Crippen LogP contribution in [0.25, 0.3) is 0 Å². The van der Waals surface area contributed by atoms with Gasteiger partial charge in [0, 0.05) is 0 Å². The Labute approximate surface area is 146 Å². The largest absolute Gasteiger partial charge is 0.247 e. The summed E-state index contributed by atoms with van der Waals surface area (Å²) in [4.78, 5) is 0. The zero-order chi connectivity index (χ0) is 18.0. The molecule has 0 aliphatic carbocycles. The summed E-state index contributed by atoms with van der Waals surface area (Å²) in [7, 11) is 0. The van der Waals surface area contributed by atoms with Crippen molar-refractivity contribution in [2.75, 3.05) is 0 Å². The molecule has 23 heavy (non-hydrogen) atoms. The quantitative estimate of drug-likeness (QED) is 0.304. The van der Waals surface area contributed by atoms with Gasteiger partial charge in [-0.05, 0) is 68.1 Å². The molecule has 0 bridgehead atoms. The van der Waals surface area contributed by atoms with Gasteiger partial charge in [-0.2, -0.15) is 0 Å². The summed E-state index contributed by atoms with van der Waals surface area (Å²) in [6.45, 7) is 19.5. The van der Waals surface area contributed by atoms with E-state index in [1.54, 1.807) is 6.92 Å². The standard InChI is InChI=1S/C22H43F/c1-9-19(10-2)14-21(18(8)23)15-22(13-17(6)7)20(11-3)12-16(4)5/h11,16-22H,3,9-10,12-15H2,1-2,4-8H3. The predicted octanol–water partition coefficient (Wildman–Crippen LogP) is 7.69. The first-order chi connectivity index (χ1) is 10.7. The number of rotatable bonds is 13. The minimum Gasteiger partial charge on any atom is -0.247 e. The third-order valence-electron chi connectivity index (χ3n) is 5.47. The Hall–Kier alpha value is -0.330. The summed E-state index contributed by atoms with van der Waals surface area (Å²) >= 11 is 0. The van der Waals surface area contributed by atoms with E-state index in [2.05, 4.69) is 54.2 Å². The van der Waals surface area contributed by atoms with Crippen LogP contribution in [0.2, 0.25) is 0 Å². The van der Waals surface area contributed by atoms with E-state index in [9.17, 15) is 4.39 Å². The minimum absolute atomic E-state index is 0.207. The summed E-state index contributed by atoms with van der Waals surface area (Å²) < 4.78 is 14.3. The molecule has 0 N–H and O–H groups in total. The minimum atomic E-state index is -0.699. The maximum absolute atomic E-state index is 14.3. The second-order valence-electron chi connectivity index (χ2n) is 8.51. The number of hydrogen-bond acceptors (Lipinski definition) is 0. The number of allylic oxidation sites excluding steroid dienone is 1. The van der Waals surface area contributed by atoms with E-state index in [-0.39, 0.29) is 5.92 Å². The molecule has 0 saturated carbocycles. The lowest BCUT2D eigenvalue weighted by Crippen LogP contribution is -2.25. The summed E-state index contributed by atoms with van der Waals surface area (Å²) in [5.41, 5.74) is 0. The van der Waals surface area contributed by atoms with Gasteiger partial charge in [0.15, 0.2) is 0 Å². The Kier molecular flexibility index (Phi) is 11.9. The van der Waals surface area contributed by atoms with Crippen molar-refractivity contribution in [3.63, 3.8) is 0 Å². The van der Waals surface area contributed by atoms with Crippen molar-refractivity contribution < 1.29 is 4.39 Å². The molecule has 0 aromatic heterocycles. The molecule has 0 aliphatic heterocycles. The molecule has 0 aromatic carbocycles. The van der Waals surface area contributed by atoms with Gasteiger partial charge in [-0.3, -0.25) is 0 Å². The van der Waals surface area contributed by atoms with Crippen LogP contribution >= 0.6 is 0 Å². The molecule has 1 heteroatoms. The third-order valence-corrected chi connectivity index (χ3v) is 5.47. The zero-order valence-electron chi connectivity index (χ0n) is 16.9. The van der Waals surface area contributed by atoms with Gasteiger partial charge in [-0.1, -0.05) is 60.5 Å². The average molecular weight is 327 g/mol. The van der Waals surface area contributed by atoms with E-state index < -0.39 is 6.17 Å². The van der Waals surface area contributed by atoms with E-state index in [0.717, 1.165) is 12.8 Å². The van der Waals surface area contributed by atoms with Gasteiger partial charge in [-0.25, -0.2) is 4.39 Å². The monoisotopic (exact) mass is 326 g/mol. The van der Waals surface area contributed by atoms with Crippen LogP contribution in [0.5, 0.6) is 0 Å². The van der Waals surface area contributed by atoms with Gasteiger partial charge >= 0.3 is 0 Å². The fourth-order valence-electron chi connectivity index (χ4n) is 3.99. The molecule has 0 aliphatic rings. The molecule has 0 radical (unpaired) electrons. The molecule has 0 fully saturated rings. The molecule has 0 amide bonds. The van der Waals surface area contributed by atoms with Crippen molar-refractivity contribution in [3.8, 4) is 0 Å². The second-order valence-corrected chi connectivity index (χ2v) is 8.51. The van der Waals surface area contributed by atoms with Gasteiger partial charge in [0.05, 0.1) is 0 Å². The molecule has 138 valence electrons. The molecule has 4 unspecified atom stereocenters. The summed E-state index contributed by atoms with van der Waals surface area (Å²) in [5, 5.41) is 0. The highest BCUT2D eigenvalue weighted by Gasteiger charge is 2.28. The molecule has 0 aromatic rings. The topological polar surface area (TPSA) is 0 Å². The van der Waals surface area contributed by atoms with E-state index in [0.29, 0.717) is 29.6 Å². The lowest BCUT2D eigenvalue weighted by atomic mass is 9.73. The Morgan fingerprint density at radius 3 is 1.65 bits per heavy atom. The molecule has 0 saturated heterocycles. The predicted molar refractivity (Wildman–Crippen MR) is 103 cm³/mol. The third kappa shape index (κ3) is 9.52. The molecule has 0 heterocycles. The zero-order valence-corrected chi connectivity index (χ0v) is 16.9. The fourth-order valence-corrected chi connectivity index (χ4v) is 3.99. The number of alkyl halides is 1. The SMILES string of the molecule is C=CC(CC(C)C)C(CC(C)C)CC(CC(CC)CC)C(C)F. The molecule has 4 atom stereocenters. The molecule has 0 nitrogen and oxygen atoms in total. The highest BCUT2D eigenvalue weighted by Crippen LogP contribution is 2.36. The lowest BCUT2D eigenvalue weighted by molar-refractivity contribution is 0.146. The summed E-state index contributed by atoms with van der Waals surface area (Å²) in [6.07, 6.45) is 8.23. The van der Waals surface area contributed by atoms with Crippen molar-refractivity contribution in [1.29, 1.82) is 0 Å². The second kappa shape index (κ2) is 12.1. The van der Waals surface area contributed by atoms with Gasteiger partial charge < -0.3 is 0 Å². The lowest BCUT2D eigenvalue weighted by Gasteiger charge is -2.33. The van der Waals surface area contributed by atoms with Crippen molar-refractivity contribution in [1.82, 2.24) is 0 Å². The summed E-state index contributed by atoms with van der Waals surface area (Å²) in [6, 6.07) is 0. The Balaban J connectivity index is 5.08. The van der Waals surface area contributed by atoms with Gasteiger partial charge in [0.2, 0.25) is 0 Å². The van der Waals surface area contributed by atoms with E-state index in [4.69, 9.17) is 0 Å². The maximum atomic E-state index is 14.3. The van der Waals surface area contributed by atoms with Crippen LogP contribution in [-0.4, -0.2) is 6.17 Å². The first kappa shape index (κ1) is 22.7. The Morgan fingerprint density at radius 1 is 0.783 bits per heavy atom. The van der Waals surface area contributed by atoms with E-state index in [1.807, 2.05) is 0 Å². The highest BCUT2D eigenvalue weighted by atomic mass is 19.1. The van der Waals surface area contributed by atoms with Gasteiger partial charge in [0.25, 0.3) is 0 Å². The molecular weight excluding hydrogens is 283 g/mol. The molecular formula is C22H43F. The highest BCUT2D eigenvalue weighted by molar-refractivity contribution is 4.88. The van der Waals surface area contributed by atoms with Crippen LogP contribution in [0.15, 0.2) is 12.7 Å². The van der Waals surface area contributed by atoms with Crippen LogP contribution in [0.3, 0.4) is 0 Å². The molecule has 0 rings (SSSR count). The van der Waals surface area contributed by atoms with Crippen LogP contribution in [0, 0.1) is 35.5 Å². The number of hydrogen-bond donors (Lipinski definition) is 0. The van der Waals surface area contributed by atoms with Crippen molar-refractivity contribution >= 4 is 0 Å². The Bertz CT molecular complexity index is 288. The van der Waals surface area contributed by atoms with Gasteiger partial charge in [-0.15, -0.1) is 6.58 Å². The summed E-state index contributed by atoms with van der Waals surface area (Å²) in [5.74, 6) is 3.32. The van der Waals surface area contributed by atoms with E-state index in [1.165, 1.54) is 25.7 Å². The first-order valence-corrected chi connectivity index (χ1v) is 10.0. The molecule has 0 spiro atoms. The van der Waals surface area contributed by atoms with Crippen LogP contribution in [-0.2, 0) is 0 Å². The van der Waals surface area contributed by atoms with Crippen molar-refractivity contribution in [2.24, 2.45) is 35.5 Å². The van der Waals surface area contributed by atoms with Gasteiger partial charge in [0.1, 0.15) is 6.17 Å². The average Bonchev–Trinajstić information content (AvgIpc) is 2.47. The number of halogens is 1. The van der Waals surface area contributed by atoms with Crippen LogP contribution < -0.4 is 0 Å². The smallest absolute Gasteiger partial charge is 0.100 e. The first-order valence-electron chi connectivity index (χ1n) is 10.0. The van der Waals surface area contributed by atoms with Crippen molar-refractivity contribution in [2.45, 2.75) is 93.2 Å². The van der Waals surface area contributed by atoms with E-state index >= 15 is 0 Å². The van der Waals surface area contributed by atoms with Crippen LogP contribution in [0.4, 0.5) is 4.39 Å². The fraction of sp³-hybridized carbons (Fsp3) is 0.909. The normalized spacial score (nSPS) is 17.5. The van der Waals surface area contributed by atoms with Crippen molar-refractivity contribution in [3.05, 3.63) is 12.7 Å². The Morgan fingerprint density at radius 2 is 1.30 bits per heavy atom.